The fourth-order valence-corrected chi connectivity index (χ4v) is 11.4. The van der Waals surface area contributed by atoms with Gasteiger partial charge in [-0.1, -0.05) is 147 Å². The molecule has 0 bridgehead atoms. The normalized spacial score (nSPS) is 27.6. The van der Waals surface area contributed by atoms with Gasteiger partial charge in [0.05, 0.1) is 0 Å². The van der Waals surface area contributed by atoms with Gasteiger partial charge in [0.2, 0.25) is 0 Å². The molecule has 0 radical (unpaired) electrons. The molecule has 6 aliphatic carbocycles. The number of fused-ring (bicyclic) bond motifs is 8. The van der Waals surface area contributed by atoms with Crippen molar-refractivity contribution in [2.45, 2.75) is 68.6 Å². The quantitative estimate of drug-likeness (QED) is 0.170. The van der Waals surface area contributed by atoms with Crippen molar-refractivity contribution < 1.29 is 0 Å². The van der Waals surface area contributed by atoms with Gasteiger partial charge in [-0.05, 0) is 132 Å². The van der Waals surface area contributed by atoms with Gasteiger partial charge in [-0.3, -0.25) is 0 Å². The summed E-state index contributed by atoms with van der Waals surface area (Å²) in [5.74, 6) is 3.10. The van der Waals surface area contributed by atoms with Gasteiger partial charge in [-0.2, -0.15) is 0 Å². The van der Waals surface area contributed by atoms with Crippen LogP contribution in [0.4, 0.5) is 0 Å². The molecule has 0 aromatic heterocycles. The van der Waals surface area contributed by atoms with E-state index in [1.54, 1.807) is 11.1 Å². The minimum atomic E-state index is 0.211. The van der Waals surface area contributed by atoms with E-state index in [2.05, 4.69) is 160 Å². The first kappa shape index (κ1) is 29.8. The third-order valence-electron chi connectivity index (χ3n) is 13.9. The first-order valence-electron chi connectivity index (χ1n) is 19.4. The summed E-state index contributed by atoms with van der Waals surface area (Å²) < 4.78 is 0. The zero-order chi connectivity index (χ0) is 33.8. The van der Waals surface area contributed by atoms with Gasteiger partial charge >= 0.3 is 0 Å². The van der Waals surface area contributed by atoms with Crippen LogP contribution in [0, 0.1) is 11.8 Å². The molecular formula is C51H44. The van der Waals surface area contributed by atoms with Crippen LogP contribution in [0.3, 0.4) is 0 Å². The highest BCUT2D eigenvalue weighted by Crippen LogP contribution is 2.56. The molecule has 248 valence electrons. The van der Waals surface area contributed by atoms with Crippen LogP contribution in [0.2, 0.25) is 0 Å². The van der Waals surface area contributed by atoms with E-state index in [1.807, 2.05) is 0 Å². The highest BCUT2D eigenvalue weighted by Gasteiger charge is 2.45. The Morgan fingerprint density at radius 3 is 2.12 bits per heavy atom. The molecule has 0 heteroatoms. The monoisotopic (exact) mass is 656 g/mol. The average molecular weight is 657 g/mol. The van der Waals surface area contributed by atoms with Crippen molar-refractivity contribution in [2.75, 3.05) is 0 Å². The minimum Gasteiger partial charge on any atom is -0.0879 e. The predicted octanol–water partition coefficient (Wildman–Crippen LogP) is 13.4. The third-order valence-corrected chi connectivity index (χ3v) is 13.9. The first-order chi connectivity index (χ1) is 25.0. The van der Waals surface area contributed by atoms with E-state index in [-0.39, 0.29) is 5.41 Å². The molecule has 5 aromatic carbocycles. The fourth-order valence-electron chi connectivity index (χ4n) is 11.4. The number of allylic oxidation sites excluding steroid dienone is 12. The highest BCUT2D eigenvalue weighted by atomic mass is 14.5. The second-order valence-electron chi connectivity index (χ2n) is 16.6. The molecular weight excluding hydrogens is 613 g/mol. The first-order valence-corrected chi connectivity index (χ1v) is 19.4. The van der Waals surface area contributed by atoms with Gasteiger partial charge in [-0.25, -0.2) is 0 Å². The van der Waals surface area contributed by atoms with Crippen molar-refractivity contribution in [3.63, 3.8) is 0 Å². The van der Waals surface area contributed by atoms with E-state index >= 15 is 0 Å². The molecule has 6 aliphatic rings. The molecule has 0 saturated carbocycles. The van der Waals surface area contributed by atoms with Gasteiger partial charge in [0.1, 0.15) is 0 Å². The summed E-state index contributed by atoms with van der Waals surface area (Å²) >= 11 is 0. The molecule has 0 nitrogen and oxygen atoms in total. The van der Waals surface area contributed by atoms with Gasteiger partial charge in [-0.15, -0.1) is 0 Å². The van der Waals surface area contributed by atoms with Crippen LogP contribution in [0.25, 0.3) is 38.2 Å². The molecule has 0 saturated heterocycles. The predicted molar refractivity (Wildman–Crippen MR) is 215 cm³/mol. The number of hydrogen-bond donors (Lipinski definition) is 0. The molecule has 0 aliphatic heterocycles. The zero-order valence-electron chi connectivity index (χ0n) is 29.6. The van der Waals surface area contributed by atoms with Crippen molar-refractivity contribution in [3.8, 4) is 11.1 Å². The van der Waals surface area contributed by atoms with Crippen LogP contribution in [0.1, 0.15) is 96.6 Å². The van der Waals surface area contributed by atoms with Crippen LogP contribution in [0.5, 0.6) is 0 Å². The third kappa shape index (κ3) is 4.32. The van der Waals surface area contributed by atoms with Gasteiger partial charge in [0, 0.05) is 23.7 Å². The molecule has 0 fully saturated rings. The summed E-state index contributed by atoms with van der Waals surface area (Å²) in [5, 5.41) is 5.63. The highest BCUT2D eigenvalue weighted by molar-refractivity contribution is 5.96. The van der Waals surface area contributed by atoms with Crippen LogP contribution in [-0.4, -0.2) is 0 Å². The standard InChI is InChI=1S/C51H44/c1-51(2)48-17-8-7-14-43(48)44-23-22-34(30-49(44)51)32-18-19-33-29-35(21-20-31(33)28-32)36-24-25-41(38-11-4-3-10-37(36)38)42-26-27-47-40-13-6-5-12-39(40)45-15-9-16-46(42)50(45)47/h3-7,9-16,18-23,26-30,38-41,43,48H,8,17,24-25H2,1-2H3. The summed E-state index contributed by atoms with van der Waals surface area (Å²) in [6.07, 6.45) is 28.3. The molecule has 51 heavy (non-hydrogen) atoms. The van der Waals surface area contributed by atoms with E-state index in [0.717, 1.165) is 12.8 Å². The molecule has 11 rings (SSSR count). The van der Waals surface area contributed by atoms with E-state index in [0.29, 0.717) is 35.5 Å². The largest absolute Gasteiger partial charge is 0.0879 e. The Balaban J connectivity index is 0.936. The second-order valence-corrected chi connectivity index (χ2v) is 16.6. The number of rotatable bonds is 3. The smallest absolute Gasteiger partial charge is 0.0131 e. The van der Waals surface area contributed by atoms with E-state index in [1.165, 1.54) is 78.9 Å². The Bertz CT molecular complexity index is 2460. The molecule has 0 heterocycles. The van der Waals surface area contributed by atoms with Crippen molar-refractivity contribution in [3.05, 3.63) is 185 Å². The van der Waals surface area contributed by atoms with Crippen molar-refractivity contribution in [1.82, 2.24) is 0 Å². The van der Waals surface area contributed by atoms with Crippen molar-refractivity contribution >= 4 is 27.1 Å². The van der Waals surface area contributed by atoms with Crippen molar-refractivity contribution in [2.24, 2.45) is 11.8 Å². The maximum atomic E-state index is 2.51. The lowest BCUT2D eigenvalue weighted by molar-refractivity contribution is 0.301. The summed E-state index contributed by atoms with van der Waals surface area (Å²) in [6.45, 7) is 4.94. The van der Waals surface area contributed by atoms with Gasteiger partial charge < -0.3 is 0 Å². The Hall–Kier alpha value is -4.94. The average Bonchev–Trinajstić information content (AvgIpc) is 3.63. The van der Waals surface area contributed by atoms with Crippen molar-refractivity contribution in [1.29, 1.82) is 0 Å². The summed E-state index contributed by atoms with van der Waals surface area (Å²) in [6, 6.07) is 33.6. The van der Waals surface area contributed by atoms with Crippen LogP contribution in [-0.2, 0) is 5.41 Å². The molecule has 5 aromatic rings. The minimum absolute atomic E-state index is 0.211. The Morgan fingerprint density at radius 2 is 1.25 bits per heavy atom. The topological polar surface area (TPSA) is 0 Å². The molecule has 0 spiro atoms. The summed E-state index contributed by atoms with van der Waals surface area (Å²) in [5.41, 5.74) is 14.9. The Labute approximate surface area is 302 Å². The van der Waals surface area contributed by atoms with E-state index in [9.17, 15) is 0 Å². The van der Waals surface area contributed by atoms with E-state index < -0.39 is 0 Å². The Morgan fingerprint density at radius 1 is 0.569 bits per heavy atom. The molecule has 6 unspecified atom stereocenters. The number of benzene rings is 5. The summed E-state index contributed by atoms with van der Waals surface area (Å²) in [4.78, 5) is 0. The molecule has 6 atom stereocenters. The lowest BCUT2D eigenvalue weighted by atomic mass is 9.68. The molecule has 0 N–H and O–H groups in total. The maximum absolute atomic E-state index is 2.51. The maximum Gasteiger partial charge on any atom is 0.0131 e. The fraction of sp³-hybridized carbons (Fsp3) is 0.255. The summed E-state index contributed by atoms with van der Waals surface area (Å²) in [7, 11) is 0. The second kappa shape index (κ2) is 11.0. The molecule has 0 amide bonds. The lowest BCUT2D eigenvalue weighted by Gasteiger charge is -2.35. The van der Waals surface area contributed by atoms with Crippen LogP contribution >= 0.6 is 0 Å². The Kier molecular flexibility index (Phi) is 6.43. The van der Waals surface area contributed by atoms with Crippen LogP contribution < -0.4 is 0 Å². The van der Waals surface area contributed by atoms with Gasteiger partial charge in [0.15, 0.2) is 0 Å². The lowest BCUT2D eigenvalue weighted by Crippen LogP contribution is -2.26. The van der Waals surface area contributed by atoms with Crippen LogP contribution in [0.15, 0.2) is 151 Å². The SMILES string of the molecule is CC1(C)c2cc(-c3ccc4cc(C5=C6C=CC=CC6C(c6ccc7c8c(cccc68)C6C=CC=CC76)CC5)ccc4c3)ccc2C2C=CCCC21. The zero-order valence-corrected chi connectivity index (χ0v) is 29.6. The van der Waals surface area contributed by atoms with Gasteiger partial charge in [0.25, 0.3) is 0 Å². The number of hydrogen-bond acceptors (Lipinski definition) is 0. The van der Waals surface area contributed by atoms with E-state index in [4.69, 9.17) is 0 Å².